The molecular formula is C17H29N5O4. The Morgan fingerprint density at radius 3 is 2.77 bits per heavy atom. The molecule has 3 heterocycles. The molecule has 1 aromatic heterocycles. The molecular weight excluding hydrogens is 338 g/mol. The molecule has 26 heavy (non-hydrogen) atoms. The average Bonchev–Trinajstić information content (AvgIpc) is 3.31. The van der Waals surface area contributed by atoms with Gasteiger partial charge in [-0.3, -0.25) is 9.78 Å². The van der Waals surface area contributed by atoms with E-state index in [1.54, 1.807) is 12.0 Å². The molecule has 1 atom stereocenters. The van der Waals surface area contributed by atoms with Gasteiger partial charge in [0.05, 0.1) is 12.7 Å². The summed E-state index contributed by atoms with van der Waals surface area (Å²) < 4.78 is 10.9. The van der Waals surface area contributed by atoms with E-state index in [1.165, 1.54) is 0 Å². The highest BCUT2D eigenvalue weighted by atomic mass is 16.5. The van der Waals surface area contributed by atoms with Crippen LogP contribution < -0.4 is 5.69 Å². The highest BCUT2D eigenvalue weighted by Crippen LogP contribution is 2.21. The smallest absolute Gasteiger partial charge is 0.341 e. The molecule has 9 heteroatoms. The Morgan fingerprint density at radius 1 is 1.35 bits per heavy atom. The van der Waals surface area contributed by atoms with Crippen molar-refractivity contribution in [1.82, 2.24) is 25.0 Å². The maximum atomic E-state index is 12.8. The fraction of sp³-hybridized carbons (Fsp3) is 0.824. The Labute approximate surface area is 153 Å². The SMILES string of the molecule is COCCN1CCC(CN(CC2CCCO2)C(=O)c2n[nH]c(=O)[nH]2)CC1. The molecule has 0 radical (unpaired) electrons. The van der Waals surface area contributed by atoms with Crippen LogP contribution in [0.3, 0.4) is 0 Å². The number of aromatic amines is 2. The van der Waals surface area contributed by atoms with E-state index in [-0.39, 0.29) is 17.8 Å². The number of H-pyrrole nitrogens is 2. The molecule has 1 amide bonds. The topological polar surface area (TPSA) is 104 Å². The van der Waals surface area contributed by atoms with Gasteiger partial charge in [0, 0.05) is 33.4 Å². The third kappa shape index (κ3) is 5.15. The first-order chi connectivity index (χ1) is 12.7. The molecule has 2 N–H and O–H groups in total. The fourth-order valence-electron chi connectivity index (χ4n) is 3.72. The van der Waals surface area contributed by atoms with Crippen molar-refractivity contribution in [3.05, 3.63) is 16.3 Å². The minimum Gasteiger partial charge on any atom is -0.383 e. The number of amides is 1. The Kier molecular flexibility index (Phi) is 6.81. The van der Waals surface area contributed by atoms with Crippen molar-refractivity contribution < 1.29 is 14.3 Å². The van der Waals surface area contributed by atoms with Crippen molar-refractivity contribution in [3.8, 4) is 0 Å². The molecule has 1 unspecified atom stereocenters. The lowest BCUT2D eigenvalue weighted by molar-refractivity contribution is 0.0428. The van der Waals surface area contributed by atoms with Gasteiger partial charge in [-0.1, -0.05) is 0 Å². The summed E-state index contributed by atoms with van der Waals surface area (Å²) in [6.07, 6.45) is 4.18. The summed E-state index contributed by atoms with van der Waals surface area (Å²) >= 11 is 0. The molecule has 0 saturated carbocycles. The van der Waals surface area contributed by atoms with Gasteiger partial charge in [-0.05, 0) is 44.7 Å². The zero-order valence-electron chi connectivity index (χ0n) is 15.4. The van der Waals surface area contributed by atoms with Crippen LogP contribution in [0.5, 0.6) is 0 Å². The van der Waals surface area contributed by atoms with Gasteiger partial charge in [0.1, 0.15) is 0 Å². The summed E-state index contributed by atoms with van der Waals surface area (Å²) in [5.74, 6) is 0.288. The van der Waals surface area contributed by atoms with E-state index < -0.39 is 5.69 Å². The monoisotopic (exact) mass is 367 g/mol. The van der Waals surface area contributed by atoms with Gasteiger partial charge in [-0.2, -0.15) is 0 Å². The van der Waals surface area contributed by atoms with Crippen LogP contribution in [0.1, 0.15) is 36.3 Å². The molecule has 2 aliphatic heterocycles. The Morgan fingerprint density at radius 2 is 2.15 bits per heavy atom. The molecule has 0 aromatic carbocycles. The van der Waals surface area contributed by atoms with E-state index in [2.05, 4.69) is 20.1 Å². The first-order valence-corrected chi connectivity index (χ1v) is 9.42. The van der Waals surface area contributed by atoms with Crippen LogP contribution in [0.25, 0.3) is 0 Å². The minimum atomic E-state index is -0.461. The van der Waals surface area contributed by atoms with E-state index in [0.717, 1.165) is 58.5 Å². The highest BCUT2D eigenvalue weighted by molar-refractivity contribution is 5.90. The molecule has 0 aliphatic carbocycles. The number of carbonyl (C=O) groups excluding carboxylic acids is 1. The van der Waals surface area contributed by atoms with Crippen LogP contribution in [0, 0.1) is 5.92 Å². The maximum Gasteiger partial charge on any atom is 0.341 e. The molecule has 0 bridgehead atoms. The van der Waals surface area contributed by atoms with Crippen LogP contribution in [0.4, 0.5) is 0 Å². The van der Waals surface area contributed by atoms with Crippen molar-refractivity contribution in [3.63, 3.8) is 0 Å². The zero-order valence-corrected chi connectivity index (χ0v) is 15.4. The predicted octanol–water partition coefficient (Wildman–Crippen LogP) is 0.0776. The van der Waals surface area contributed by atoms with Crippen LogP contribution in [0.2, 0.25) is 0 Å². The third-order valence-corrected chi connectivity index (χ3v) is 5.24. The van der Waals surface area contributed by atoms with Gasteiger partial charge in [-0.15, -0.1) is 5.10 Å². The molecule has 2 aliphatic rings. The van der Waals surface area contributed by atoms with Crippen LogP contribution in [-0.2, 0) is 9.47 Å². The number of methoxy groups -OCH3 is 1. The number of piperidine rings is 1. The number of aromatic nitrogens is 3. The molecule has 0 spiro atoms. The lowest BCUT2D eigenvalue weighted by Gasteiger charge is -2.35. The highest BCUT2D eigenvalue weighted by Gasteiger charge is 2.29. The normalized spacial score (nSPS) is 22.0. The van der Waals surface area contributed by atoms with Crippen molar-refractivity contribution in [1.29, 1.82) is 0 Å². The van der Waals surface area contributed by atoms with Gasteiger partial charge in [0.15, 0.2) is 0 Å². The average molecular weight is 367 g/mol. The molecule has 146 valence electrons. The quantitative estimate of drug-likeness (QED) is 0.674. The number of hydrogen-bond donors (Lipinski definition) is 2. The summed E-state index contributed by atoms with van der Waals surface area (Å²) in [5, 5.41) is 6.07. The Bertz CT molecular complexity index is 617. The first-order valence-electron chi connectivity index (χ1n) is 9.42. The fourth-order valence-corrected chi connectivity index (χ4v) is 3.72. The first kappa shape index (κ1) is 19.1. The molecule has 2 saturated heterocycles. The largest absolute Gasteiger partial charge is 0.383 e. The summed E-state index contributed by atoms with van der Waals surface area (Å²) in [6, 6.07) is 0. The zero-order chi connectivity index (χ0) is 18.4. The van der Waals surface area contributed by atoms with Gasteiger partial charge in [0.25, 0.3) is 5.91 Å². The standard InChI is InChI=1S/C17H29N5O4/c1-25-10-8-21-6-4-13(5-7-21)11-22(12-14-3-2-9-26-14)16(23)15-18-17(24)20-19-15/h13-14H,2-12H2,1H3,(H2,18,19,20,24). The number of rotatable bonds is 8. The van der Waals surface area contributed by atoms with E-state index in [9.17, 15) is 9.59 Å². The number of nitrogens with one attached hydrogen (secondary N) is 2. The Balaban J connectivity index is 1.58. The van der Waals surface area contributed by atoms with Crippen LogP contribution in [-0.4, -0.2) is 90.0 Å². The van der Waals surface area contributed by atoms with Gasteiger partial charge < -0.3 is 19.3 Å². The summed E-state index contributed by atoms with van der Waals surface area (Å²) in [6.45, 7) is 5.73. The second-order valence-corrected chi connectivity index (χ2v) is 7.15. The molecule has 3 rings (SSSR count). The van der Waals surface area contributed by atoms with Gasteiger partial charge in [0.2, 0.25) is 5.82 Å². The molecule has 9 nitrogen and oxygen atoms in total. The van der Waals surface area contributed by atoms with Crippen molar-refractivity contribution in [2.75, 3.05) is 53.0 Å². The molecule has 2 fully saturated rings. The molecule has 1 aromatic rings. The number of ether oxygens (including phenoxy) is 2. The van der Waals surface area contributed by atoms with Crippen molar-refractivity contribution in [2.45, 2.75) is 31.8 Å². The number of hydrogen-bond acceptors (Lipinski definition) is 6. The van der Waals surface area contributed by atoms with Gasteiger partial charge in [-0.25, -0.2) is 9.89 Å². The Hall–Kier alpha value is -1.71. The number of nitrogens with zero attached hydrogens (tertiary/aromatic N) is 3. The summed E-state index contributed by atoms with van der Waals surface area (Å²) in [4.78, 5) is 30.8. The van der Waals surface area contributed by atoms with E-state index in [4.69, 9.17) is 9.47 Å². The summed E-state index contributed by atoms with van der Waals surface area (Å²) in [5.41, 5.74) is -0.461. The second kappa shape index (κ2) is 9.29. The van der Waals surface area contributed by atoms with Crippen molar-refractivity contribution >= 4 is 5.91 Å². The number of likely N-dealkylation sites (tertiary alicyclic amines) is 1. The minimum absolute atomic E-state index is 0.0746. The van der Waals surface area contributed by atoms with Crippen LogP contribution in [0.15, 0.2) is 4.79 Å². The number of carbonyl (C=O) groups is 1. The summed E-state index contributed by atoms with van der Waals surface area (Å²) in [7, 11) is 1.72. The predicted molar refractivity (Wildman–Crippen MR) is 95.1 cm³/mol. The lowest BCUT2D eigenvalue weighted by Crippen LogP contribution is -2.44. The van der Waals surface area contributed by atoms with E-state index in [1.807, 2.05) is 0 Å². The lowest BCUT2D eigenvalue weighted by atomic mass is 9.96. The van der Waals surface area contributed by atoms with Gasteiger partial charge >= 0.3 is 5.69 Å². The van der Waals surface area contributed by atoms with Crippen molar-refractivity contribution in [2.24, 2.45) is 5.92 Å². The van der Waals surface area contributed by atoms with E-state index in [0.29, 0.717) is 19.0 Å². The van der Waals surface area contributed by atoms with Crippen LogP contribution >= 0.6 is 0 Å². The maximum absolute atomic E-state index is 12.8. The third-order valence-electron chi connectivity index (χ3n) is 5.24. The second-order valence-electron chi connectivity index (χ2n) is 7.15. The van der Waals surface area contributed by atoms with E-state index >= 15 is 0 Å².